The number of aryl methyl sites for hydroxylation is 2. The van der Waals surface area contributed by atoms with Crippen LogP contribution in [0, 0.1) is 13.8 Å². The Morgan fingerprint density at radius 3 is 2.42 bits per heavy atom. The zero-order valence-corrected chi connectivity index (χ0v) is 15.3. The Labute approximate surface area is 153 Å². The largest absolute Gasteiger partial charge is 0.454 e. The highest BCUT2D eigenvalue weighted by Crippen LogP contribution is 2.37. The van der Waals surface area contributed by atoms with E-state index in [1.54, 1.807) is 6.07 Å². The van der Waals surface area contributed by atoms with Crippen LogP contribution in [0.25, 0.3) is 0 Å². The van der Waals surface area contributed by atoms with Crippen molar-refractivity contribution >= 4 is 34.7 Å². The number of fused-ring (bicyclic) bond motifs is 1. The predicted molar refractivity (Wildman–Crippen MR) is 95.3 cm³/mol. The first kappa shape index (κ1) is 17.9. The minimum absolute atomic E-state index is 0.0566. The summed E-state index contributed by atoms with van der Waals surface area (Å²) in [7, 11) is 0. The van der Waals surface area contributed by atoms with Crippen LogP contribution >= 0.6 is 11.3 Å². The molecule has 2 aromatic rings. The summed E-state index contributed by atoms with van der Waals surface area (Å²) in [6, 6.07) is 4.76. The van der Waals surface area contributed by atoms with Gasteiger partial charge in [0.15, 0.2) is 23.9 Å². The van der Waals surface area contributed by atoms with Gasteiger partial charge in [0.25, 0.3) is 5.91 Å². The van der Waals surface area contributed by atoms with Crippen molar-refractivity contribution in [3.05, 3.63) is 39.1 Å². The summed E-state index contributed by atoms with van der Waals surface area (Å²) >= 11 is 1.49. The molecule has 1 aromatic heterocycles. The molecular weight excluding hydrogens is 358 g/mol. The number of esters is 1. The average molecular weight is 375 g/mol. The monoisotopic (exact) mass is 375 g/mol. The third-order valence-electron chi connectivity index (χ3n) is 3.76. The number of ketones is 1. The van der Waals surface area contributed by atoms with Gasteiger partial charge in [-0.3, -0.25) is 9.59 Å². The van der Waals surface area contributed by atoms with Gasteiger partial charge in [-0.2, -0.15) is 0 Å². The van der Waals surface area contributed by atoms with Crippen LogP contribution in [0.5, 0.6) is 11.5 Å². The van der Waals surface area contributed by atoms with Gasteiger partial charge < -0.3 is 19.5 Å². The van der Waals surface area contributed by atoms with Crippen molar-refractivity contribution in [3.63, 3.8) is 0 Å². The first-order valence-electron chi connectivity index (χ1n) is 7.83. The fraction of sp³-hybridized carbons (Fsp3) is 0.278. The van der Waals surface area contributed by atoms with Crippen molar-refractivity contribution in [2.45, 2.75) is 20.8 Å². The normalized spacial score (nSPS) is 12.0. The van der Waals surface area contributed by atoms with E-state index in [0.717, 1.165) is 9.75 Å². The second-order valence-corrected chi connectivity index (χ2v) is 7.22. The lowest BCUT2D eigenvalue weighted by molar-refractivity contribution is -0.119. The summed E-state index contributed by atoms with van der Waals surface area (Å²) < 4.78 is 15.6. The lowest BCUT2D eigenvalue weighted by atomic mass is 10.1. The van der Waals surface area contributed by atoms with E-state index in [2.05, 4.69) is 5.32 Å². The lowest BCUT2D eigenvalue weighted by Crippen LogP contribution is -2.22. The van der Waals surface area contributed by atoms with Gasteiger partial charge >= 0.3 is 5.97 Å². The van der Waals surface area contributed by atoms with Gasteiger partial charge in [-0.25, -0.2) is 4.79 Å². The molecule has 0 radical (unpaired) electrons. The van der Waals surface area contributed by atoms with Crippen molar-refractivity contribution in [1.82, 2.24) is 0 Å². The molecule has 1 N–H and O–H groups in total. The fourth-order valence-corrected chi connectivity index (χ4v) is 3.48. The molecule has 0 atom stereocenters. The van der Waals surface area contributed by atoms with Gasteiger partial charge in [0, 0.05) is 21.4 Å². The van der Waals surface area contributed by atoms with Gasteiger partial charge in [0.05, 0.1) is 11.3 Å². The number of carbonyl (C=O) groups is 3. The molecule has 7 nitrogen and oxygen atoms in total. The van der Waals surface area contributed by atoms with Crippen molar-refractivity contribution in [1.29, 1.82) is 0 Å². The number of hydrogen-bond acceptors (Lipinski definition) is 7. The molecule has 1 aliphatic heterocycles. The Hall–Kier alpha value is -2.87. The Morgan fingerprint density at radius 1 is 1.12 bits per heavy atom. The molecule has 0 fully saturated rings. The predicted octanol–water partition coefficient (Wildman–Crippen LogP) is 3.09. The molecule has 0 aliphatic carbocycles. The van der Waals surface area contributed by atoms with E-state index in [9.17, 15) is 14.4 Å². The summed E-state index contributed by atoms with van der Waals surface area (Å²) in [6.45, 7) is 4.69. The van der Waals surface area contributed by atoms with E-state index in [1.165, 1.54) is 30.4 Å². The van der Waals surface area contributed by atoms with E-state index in [-0.39, 0.29) is 18.3 Å². The van der Waals surface area contributed by atoms with Crippen molar-refractivity contribution in [2.75, 3.05) is 18.7 Å². The summed E-state index contributed by atoms with van der Waals surface area (Å²) in [5.41, 5.74) is 1.02. The van der Waals surface area contributed by atoms with Crippen molar-refractivity contribution in [2.24, 2.45) is 0 Å². The van der Waals surface area contributed by atoms with Gasteiger partial charge in [0.2, 0.25) is 6.79 Å². The summed E-state index contributed by atoms with van der Waals surface area (Å²) in [5.74, 6) is -0.460. The molecule has 0 spiro atoms. The maximum Gasteiger partial charge on any atom is 0.339 e. The minimum atomic E-state index is -0.556. The van der Waals surface area contributed by atoms with Gasteiger partial charge in [-0.15, -0.1) is 11.3 Å². The first-order chi connectivity index (χ1) is 12.3. The van der Waals surface area contributed by atoms with Crippen molar-refractivity contribution < 1.29 is 28.6 Å². The highest BCUT2D eigenvalue weighted by Gasteiger charge is 2.21. The van der Waals surface area contributed by atoms with Crippen LogP contribution in [-0.4, -0.2) is 31.1 Å². The smallest absolute Gasteiger partial charge is 0.339 e. The number of Topliss-reactive ketones (excluding diaryl/α,β-unsaturated/α-hetero) is 1. The molecule has 3 rings (SSSR count). The number of ether oxygens (including phenoxy) is 3. The van der Waals surface area contributed by atoms with Crippen molar-refractivity contribution in [3.8, 4) is 11.5 Å². The molecule has 0 unspecified atom stereocenters. The third kappa shape index (κ3) is 3.70. The van der Waals surface area contributed by atoms with E-state index in [4.69, 9.17) is 14.2 Å². The second kappa shape index (κ2) is 7.17. The topological polar surface area (TPSA) is 90.9 Å². The maximum atomic E-state index is 12.1. The summed E-state index contributed by atoms with van der Waals surface area (Å²) in [5, 5.41) is 2.58. The highest BCUT2D eigenvalue weighted by molar-refractivity contribution is 7.12. The van der Waals surface area contributed by atoms with E-state index >= 15 is 0 Å². The molecule has 2 heterocycles. The SMILES string of the molecule is CC(=O)c1cc2c(cc1NC(=O)COC(=O)c1cc(C)sc1C)OCO2. The molecule has 1 amide bonds. The fourth-order valence-electron chi connectivity index (χ4n) is 2.57. The van der Waals surface area contributed by atoms with Crippen LogP contribution in [0.3, 0.4) is 0 Å². The standard InChI is InChI=1S/C18H17NO6S/c1-9-4-13(11(3)26-9)18(22)23-7-17(21)19-14-6-16-15(24-8-25-16)5-12(14)10(2)20/h4-6H,7-8H2,1-3H3,(H,19,21). The van der Waals surface area contributed by atoms with Crippen LogP contribution < -0.4 is 14.8 Å². The average Bonchev–Trinajstić information content (AvgIpc) is 3.16. The highest BCUT2D eigenvalue weighted by atomic mass is 32.1. The maximum absolute atomic E-state index is 12.1. The van der Waals surface area contributed by atoms with Crippen LogP contribution in [-0.2, 0) is 9.53 Å². The zero-order valence-electron chi connectivity index (χ0n) is 14.5. The molecule has 8 heteroatoms. The molecule has 0 saturated carbocycles. The van der Waals surface area contributed by atoms with E-state index in [0.29, 0.717) is 22.6 Å². The molecule has 136 valence electrons. The molecule has 26 heavy (non-hydrogen) atoms. The number of hydrogen-bond donors (Lipinski definition) is 1. The molecule has 0 saturated heterocycles. The molecule has 1 aromatic carbocycles. The number of nitrogens with one attached hydrogen (secondary N) is 1. The lowest BCUT2D eigenvalue weighted by Gasteiger charge is -2.11. The number of anilines is 1. The first-order valence-corrected chi connectivity index (χ1v) is 8.65. The van der Waals surface area contributed by atoms with E-state index < -0.39 is 18.5 Å². The van der Waals surface area contributed by atoms with E-state index in [1.807, 2.05) is 13.8 Å². The second-order valence-electron chi connectivity index (χ2n) is 5.76. The van der Waals surface area contributed by atoms with Crippen LogP contribution in [0.15, 0.2) is 18.2 Å². The molecule has 1 aliphatic rings. The Balaban J connectivity index is 1.67. The van der Waals surface area contributed by atoms with Crippen LogP contribution in [0.2, 0.25) is 0 Å². The number of thiophene rings is 1. The Morgan fingerprint density at radius 2 is 1.81 bits per heavy atom. The molecule has 0 bridgehead atoms. The Bertz CT molecular complexity index is 901. The number of carbonyl (C=O) groups excluding carboxylic acids is 3. The zero-order chi connectivity index (χ0) is 18.8. The van der Waals surface area contributed by atoms with Gasteiger partial charge in [-0.1, -0.05) is 0 Å². The number of rotatable bonds is 5. The van der Waals surface area contributed by atoms with Gasteiger partial charge in [-0.05, 0) is 32.9 Å². The summed E-state index contributed by atoms with van der Waals surface area (Å²) in [4.78, 5) is 37.9. The minimum Gasteiger partial charge on any atom is -0.454 e. The molecular formula is C18H17NO6S. The van der Waals surface area contributed by atoms with Gasteiger partial charge in [0.1, 0.15) is 0 Å². The van der Waals surface area contributed by atoms with Crippen LogP contribution in [0.1, 0.15) is 37.4 Å². The summed E-state index contributed by atoms with van der Waals surface area (Å²) in [6.07, 6.45) is 0. The number of amides is 1. The number of benzene rings is 1. The quantitative estimate of drug-likeness (QED) is 0.638. The van der Waals surface area contributed by atoms with Crippen LogP contribution in [0.4, 0.5) is 5.69 Å². The third-order valence-corrected chi connectivity index (χ3v) is 4.73. The Kier molecular flexibility index (Phi) is 4.94.